The number of thiophene rings is 1. The fourth-order valence-corrected chi connectivity index (χ4v) is 2.76. The molecule has 0 aromatic carbocycles. The molecule has 90 valence electrons. The second-order valence-corrected chi connectivity index (χ2v) is 5.03. The lowest BCUT2D eigenvalue weighted by Crippen LogP contribution is -2.31. The third-order valence-corrected chi connectivity index (χ3v) is 3.76. The second-order valence-electron chi connectivity index (χ2n) is 4.03. The molecule has 1 saturated heterocycles. The molecule has 0 saturated carbocycles. The topological polar surface area (TPSA) is 30.5 Å². The van der Waals surface area contributed by atoms with Crippen LogP contribution in [0.15, 0.2) is 11.4 Å². The number of rotatable bonds is 5. The molecule has 3 nitrogen and oxygen atoms in total. The molecule has 1 aromatic heterocycles. The molecule has 0 aliphatic carbocycles. The third kappa shape index (κ3) is 3.20. The highest BCUT2D eigenvalue weighted by molar-refractivity contribution is 7.10. The number of hydrogen-bond acceptors (Lipinski definition) is 4. The van der Waals surface area contributed by atoms with Crippen molar-refractivity contribution in [1.82, 2.24) is 5.32 Å². The van der Waals surface area contributed by atoms with Gasteiger partial charge in [0.05, 0.1) is 18.1 Å². The number of ether oxygens (including phenoxy) is 2. The van der Waals surface area contributed by atoms with Crippen LogP contribution in [0.25, 0.3) is 0 Å². The van der Waals surface area contributed by atoms with Crippen LogP contribution < -0.4 is 10.1 Å². The van der Waals surface area contributed by atoms with E-state index >= 15 is 0 Å². The van der Waals surface area contributed by atoms with Gasteiger partial charge in [0, 0.05) is 19.7 Å². The van der Waals surface area contributed by atoms with Gasteiger partial charge in [0.1, 0.15) is 5.75 Å². The minimum atomic E-state index is 0.403. The number of methoxy groups -OCH3 is 1. The van der Waals surface area contributed by atoms with Crippen LogP contribution >= 0.6 is 11.3 Å². The molecular weight excluding hydrogens is 222 g/mol. The van der Waals surface area contributed by atoms with Crippen molar-refractivity contribution >= 4 is 11.3 Å². The zero-order valence-electron chi connectivity index (χ0n) is 9.70. The molecule has 1 atom stereocenters. The molecule has 1 fully saturated rings. The Morgan fingerprint density at radius 2 is 2.50 bits per heavy atom. The normalized spacial score (nSPS) is 20.9. The van der Waals surface area contributed by atoms with Crippen LogP contribution in [0.5, 0.6) is 5.75 Å². The highest BCUT2D eigenvalue weighted by Crippen LogP contribution is 2.24. The molecule has 1 aliphatic rings. The second kappa shape index (κ2) is 6.23. The standard InChI is InChI=1S/C12H19NO2S/c1-14-11-5-7-16-12(11)9-13-8-10-4-2-3-6-15-10/h5,7,10,13H,2-4,6,8-9H2,1H3. The van der Waals surface area contributed by atoms with E-state index in [2.05, 4.69) is 10.7 Å². The summed E-state index contributed by atoms with van der Waals surface area (Å²) >= 11 is 1.73. The van der Waals surface area contributed by atoms with Crippen molar-refractivity contribution < 1.29 is 9.47 Å². The van der Waals surface area contributed by atoms with E-state index in [0.717, 1.165) is 25.4 Å². The average Bonchev–Trinajstić information content (AvgIpc) is 2.78. The third-order valence-electron chi connectivity index (χ3n) is 2.86. The van der Waals surface area contributed by atoms with Crippen molar-refractivity contribution in [1.29, 1.82) is 0 Å². The monoisotopic (exact) mass is 241 g/mol. The SMILES string of the molecule is COc1ccsc1CNCC1CCCCO1. The van der Waals surface area contributed by atoms with Gasteiger partial charge in [0.25, 0.3) is 0 Å². The maximum atomic E-state index is 5.66. The van der Waals surface area contributed by atoms with E-state index in [1.807, 2.05) is 6.07 Å². The van der Waals surface area contributed by atoms with Gasteiger partial charge in [0.15, 0.2) is 0 Å². The lowest BCUT2D eigenvalue weighted by molar-refractivity contribution is 0.0168. The highest BCUT2D eigenvalue weighted by atomic mass is 32.1. The average molecular weight is 241 g/mol. The first-order chi connectivity index (χ1) is 7.90. The Hall–Kier alpha value is -0.580. The van der Waals surface area contributed by atoms with Crippen molar-refractivity contribution in [3.8, 4) is 5.75 Å². The van der Waals surface area contributed by atoms with E-state index in [1.165, 1.54) is 24.1 Å². The van der Waals surface area contributed by atoms with E-state index < -0.39 is 0 Å². The van der Waals surface area contributed by atoms with Crippen LogP contribution in [-0.4, -0.2) is 26.4 Å². The van der Waals surface area contributed by atoms with Gasteiger partial charge < -0.3 is 14.8 Å². The Morgan fingerprint density at radius 3 is 3.25 bits per heavy atom. The Morgan fingerprint density at radius 1 is 1.56 bits per heavy atom. The minimum Gasteiger partial charge on any atom is -0.496 e. The van der Waals surface area contributed by atoms with Crippen LogP contribution in [0.4, 0.5) is 0 Å². The van der Waals surface area contributed by atoms with Gasteiger partial charge in [-0.15, -0.1) is 11.3 Å². The summed E-state index contributed by atoms with van der Waals surface area (Å²) in [5, 5.41) is 5.50. The fourth-order valence-electron chi connectivity index (χ4n) is 1.95. The van der Waals surface area contributed by atoms with Crippen LogP contribution in [0.3, 0.4) is 0 Å². The van der Waals surface area contributed by atoms with E-state index in [9.17, 15) is 0 Å². The molecule has 0 bridgehead atoms. The van der Waals surface area contributed by atoms with Gasteiger partial charge in [-0.1, -0.05) is 0 Å². The minimum absolute atomic E-state index is 0.403. The van der Waals surface area contributed by atoms with E-state index in [-0.39, 0.29) is 0 Å². The van der Waals surface area contributed by atoms with Crippen LogP contribution in [0, 0.1) is 0 Å². The van der Waals surface area contributed by atoms with Gasteiger partial charge in [-0.25, -0.2) is 0 Å². The lowest BCUT2D eigenvalue weighted by atomic mass is 10.1. The first kappa shape index (κ1) is 11.9. The molecule has 2 rings (SSSR count). The largest absolute Gasteiger partial charge is 0.496 e. The summed E-state index contributed by atoms with van der Waals surface area (Å²) < 4.78 is 10.9. The summed E-state index contributed by atoms with van der Waals surface area (Å²) in [7, 11) is 1.72. The Balaban J connectivity index is 1.71. The molecule has 2 heterocycles. The van der Waals surface area contributed by atoms with Crippen molar-refractivity contribution in [2.24, 2.45) is 0 Å². The summed E-state index contributed by atoms with van der Waals surface area (Å²) in [4.78, 5) is 1.26. The molecular formula is C12H19NO2S. The first-order valence-corrected chi connectivity index (χ1v) is 6.71. The predicted molar refractivity (Wildman–Crippen MR) is 66.2 cm³/mol. The van der Waals surface area contributed by atoms with Crippen molar-refractivity contribution in [2.75, 3.05) is 20.3 Å². The number of nitrogens with one attached hydrogen (secondary N) is 1. The van der Waals surface area contributed by atoms with Crippen molar-refractivity contribution in [3.05, 3.63) is 16.3 Å². The summed E-state index contributed by atoms with van der Waals surface area (Å²) in [5.74, 6) is 0.988. The van der Waals surface area contributed by atoms with Crippen molar-refractivity contribution in [2.45, 2.75) is 31.9 Å². The Labute approximate surface area is 101 Å². The summed E-state index contributed by atoms with van der Waals surface area (Å²) in [6, 6.07) is 2.01. The first-order valence-electron chi connectivity index (χ1n) is 5.83. The maximum absolute atomic E-state index is 5.66. The van der Waals surface area contributed by atoms with Crippen LogP contribution in [0.1, 0.15) is 24.1 Å². The summed E-state index contributed by atoms with van der Waals surface area (Å²) in [6.45, 7) is 2.75. The molecule has 1 aliphatic heterocycles. The summed E-state index contributed by atoms with van der Waals surface area (Å²) in [6.07, 6.45) is 4.11. The van der Waals surface area contributed by atoms with E-state index in [4.69, 9.17) is 9.47 Å². The molecule has 1 N–H and O–H groups in total. The summed E-state index contributed by atoms with van der Waals surface area (Å²) in [5.41, 5.74) is 0. The molecule has 16 heavy (non-hydrogen) atoms. The molecule has 0 radical (unpaired) electrons. The zero-order chi connectivity index (χ0) is 11.2. The van der Waals surface area contributed by atoms with Gasteiger partial charge in [-0.2, -0.15) is 0 Å². The Kier molecular flexibility index (Phi) is 4.63. The predicted octanol–water partition coefficient (Wildman–Crippen LogP) is 2.42. The van der Waals surface area contributed by atoms with E-state index in [1.54, 1.807) is 18.4 Å². The fraction of sp³-hybridized carbons (Fsp3) is 0.667. The smallest absolute Gasteiger partial charge is 0.134 e. The maximum Gasteiger partial charge on any atom is 0.134 e. The highest BCUT2D eigenvalue weighted by Gasteiger charge is 2.13. The van der Waals surface area contributed by atoms with Crippen molar-refractivity contribution in [3.63, 3.8) is 0 Å². The Bertz CT molecular complexity index is 308. The lowest BCUT2D eigenvalue weighted by Gasteiger charge is -2.22. The van der Waals surface area contributed by atoms with Gasteiger partial charge in [-0.05, 0) is 30.7 Å². The molecule has 1 unspecified atom stereocenters. The van der Waals surface area contributed by atoms with Gasteiger partial charge in [-0.3, -0.25) is 0 Å². The van der Waals surface area contributed by atoms with E-state index in [0.29, 0.717) is 6.10 Å². The van der Waals surface area contributed by atoms with Crippen LogP contribution in [0.2, 0.25) is 0 Å². The molecule has 1 aromatic rings. The van der Waals surface area contributed by atoms with Crippen LogP contribution in [-0.2, 0) is 11.3 Å². The zero-order valence-corrected chi connectivity index (χ0v) is 10.5. The van der Waals surface area contributed by atoms with Gasteiger partial charge in [0.2, 0.25) is 0 Å². The molecule has 0 spiro atoms. The molecule has 0 amide bonds. The number of hydrogen-bond donors (Lipinski definition) is 1. The molecule has 4 heteroatoms. The quantitative estimate of drug-likeness (QED) is 0.858. The van der Waals surface area contributed by atoms with Gasteiger partial charge >= 0.3 is 0 Å².